The number of hydrogen-bond donors (Lipinski definition) is 1. The van der Waals surface area contributed by atoms with Crippen LogP contribution in [0.1, 0.15) is 40.3 Å². The topological polar surface area (TPSA) is 81.2 Å². The van der Waals surface area contributed by atoms with Crippen LogP contribution in [0.4, 0.5) is 18.9 Å². The number of carbonyl (C=O) groups excluding carboxylic acids is 2. The molecule has 0 radical (unpaired) electrons. The zero-order valence-corrected chi connectivity index (χ0v) is 13.3. The highest BCUT2D eigenvalue weighted by molar-refractivity contribution is 6.07. The van der Waals surface area contributed by atoms with Crippen molar-refractivity contribution < 1.29 is 27.5 Å². The van der Waals surface area contributed by atoms with Gasteiger partial charge in [-0.25, -0.2) is 4.79 Å². The lowest BCUT2D eigenvalue weighted by molar-refractivity contribution is -0.141. The van der Waals surface area contributed by atoms with Crippen LogP contribution in [0.2, 0.25) is 0 Å². The lowest BCUT2D eigenvalue weighted by Crippen LogP contribution is -2.18. The molecular formula is C16H14F3N3O3. The zero-order chi connectivity index (χ0) is 18.6. The summed E-state index contributed by atoms with van der Waals surface area (Å²) in [5.41, 5.74) is -1.03. The van der Waals surface area contributed by atoms with Gasteiger partial charge in [0.15, 0.2) is 0 Å². The Labute approximate surface area is 141 Å². The number of aromatic nitrogens is 2. The first-order valence-electron chi connectivity index (χ1n) is 7.18. The van der Waals surface area contributed by atoms with Gasteiger partial charge >= 0.3 is 12.1 Å². The van der Waals surface area contributed by atoms with Crippen LogP contribution < -0.4 is 5.32 Å². The molecule has 0 fully saturated rings. The average molecular weight is 353 g/mol. The van der Waals surface area contributed by atoms with Crippen molar-refractivity contribution in [2.75, 3.05) is 5.32 Å². The lowest BCUT2D eigenvalue weighted by atomic mass is 10.2. The van der Waals surface area contributed by atoms with Gasteiger partial charge in [0.2, 0.25) is 0 Å². The number of amides is 1. The molecule has 0 aliphatic carbocycles. The molecule has 1 N–H and O–H groups in total. The van der Waals surface area contributed by atoms with Crippen LogP contribution >= 0.6 is 0 Å². The van der Waals surface area contributed by atoms with Gasteiger partial charge in [0.25, 0.3) is 5.91 Å². The lowest BCUT2D eigenvalue weighted by Gasteiger charge is -2.12. The molecule has 2 heterocycles. The first-order valence-corrected chi connectivity index (χ1v) is 7.18. The first kappa shape index (κ1) is 18.4. The summed E-state index contributed by atoms with van der Waals surface area (Å²) in [4.78, 5) is 31.2. The number of nitrogens with one attached hydrogen (secondary N) is 1. The molecule has 2 rings (SSSR count). The van der Waals surface area contributed by atoms with E-state index in [1.54, 1.807) is 13.8 Å². The maximum atomic E-state index is 12.5. The van der Waals surface area contributed by atoms with Crippen LogP contribution in [-0.4, -0.2) is 27.9 Å². The summed E-state index contributed by atoms with van der Waals surface area (Å²) < 4.78 is 42.5. The third-order valence-electron chi connectivity index (χ3n) is 2.95. The van der Waals surface area contributed by atoms with E-state index in [-0.39, 0.29) is 22.9 Å². The van der Waals surface area contributed by atoms with Gasteiger partial charge in [0.05, 0.1) is 17.4 Å². The van der Waals surface area contributed by atoms with Gasteiger partial charge in [0.1, 0.15) is 11.3 Å². The number of halogens is 3. The van der Waals surface area contributed by atoms with Crippen molar-refractivity contribution in [3.63, 3.8) is 0 Å². The Bertz CT molecular complexity index is 774. The fourth-order valence-corrected chi connectivity index (χ4v) is 1.83. The van der Waals surface area contributed by atoms with E-state index < -0.39 is 23.7 Å². The Morgan fingerprint density at radius 1 is 1.16 bits per heavy atom. The van der Waals surface area contributed by atoms with Crippen LogP contribution in [0.25, 0.3) is 0 Å². The third kappa shape index (κ3) is 4.75. The highest BCUT2D eigenvalue weighted by Gasteiger charge is 2.32. The van der Waals surface area contributed by atoms with Gasteiger partial charge < -0.3 is 10.1 Å². The standard InChI is InChI=1S/C16H14F3N3O3/c1-9(2)25-15(24)11-8-20-6-5-12(11)22-14(23)10-3-4-13(21-7-10)16(17,18)19/h3-9H,1-2H3,(H,20,22,23). The number of hydrogen-bond acceptors (Lipinski definition) is 5. The predicted octanol–water partition coefficient (Wildman–Crippen LogP) is 3.31. The monoisotopic (exact) mass is 353 g/mol. The van der Waals surface area contributed by atoms with Crippen molar-refractivity contribution in [3.8, 4) is 0 Å². The van der Waals surface area contributed by atoms with Crippen LogP contribution in [-0.2, 0) is 10.9 Å². The molecule has 0 unspecified atom stereocenters. The summed E-state index contributed by atoms with van der Waals surface area (Å²) in [6.45, 7) is 3.33. The molecular weight excluding hydrogens is 339 g/mol. The molecule has 0 aromatic carbocycles. The minimum Gasteiger partial charge on any atom is -0.459 e. The van der Waals surface area contributed by atoms with Crippen molar-refractivity contribution in [3.05, 3.63) is 53.6 Å². The second kappa shape index (κ2) is 7.29. The van der Waals surface area contributed by atoms with Gasteiger partial charge in [-0.15, -0.1) is 0 Å². The van der Waals surface area contributed by atoms with E-state index >= 15 is 0 Å². The smallest absolute Gasteiger partial charge is 0.433 e. The summed E-state index contributed by atoms with van der Waals surface area (Å²) in [6.07, 6.45) is -1.56. The highest BCUT2D eigenvalue weighted by atomic mass is 19.4. The zero-order valence-electron chi connectivity index (χ0n) is 13.3. The maximum absolute atomic E-state index is 12.5. The van der Waals surface area contributed by atoms with E-state index in [1.165, 1.54) is 18.5 Å². The Morgan fingerprint density at radius 3 is 2.44 bits per heavy atom. The third-order valence-corrected chi connectivity index (χ3v) is 2.95. The number of esters is 1. The Hall–Kier alpha value is -2.97. The molecule has 25 heavy (non-hydrogen) atoms. The van der Waals surface area contributed by atoms with Gasteiger partial charge in [-0.05, 0) is 32.0 Å². The predicted molar refractivity (Wildman–Crippen MR) is 82.0 cm³/mol. The second-order valence-electron chi connectivity index (χ2n) is 5.26. The second-order valence-corrected chi connectivity index (χ2v) is 5.26. The van der Waals surface area contributed by atoms with Crippen LogP contribution in [0.3, 0.4) is 0 Å². The van der Waals surface area contributed by atoms with Crippen molar-refractivity contribution in [1.82, 2.24) is 9.97 Å². The maximum Gasteiger partial charge on any atom is 0.433 e. The quantitative estimate of drug-likeness (QED) is 0.853. The summed E-state index contributed by atoms with van der Waals surface area (Å²) in [5.74, 6) is -1.39. The molecule has 132 valence electrons. The van der Waals surface area contributed by atoms with Crippen molar-refractivity contribution in [1.29, 1.82) is 0 Å². The molecule has 2 aromatic heterocycles. The van der Waals surface area contributed by atoms with Crippen molar-refractivity contribution in [2.45, 2.75) is 26.1 Å². The van der Waals surface area contributed by atoms with E-state index in [0.29, 0.717) is 6.07 Å². The summed E-state index contributed by atoms with van der Waals surface area (Å²) >= 11 is 0. The molecule has 0 bridgehead atoms. The number of ether oxygens (including phenoxy) is 1. The Kier molecular flexibility index (Phi) is 5.35. The molecule has 0 spiro atoms. The molecule has 2 aromatic rings. The molecule has 1 amide bonds. The van der Waals surface area contributed by atoms with Crippen LogP contribution in [0.15, 0.2) is 36.8 Å². The first-order chi connectivity index (χ1) is 11.7. The fourth-order valence-electron chi connectivity index (χ4n) is 1.83. The van der Waals surface area contributed by atoms with Gasteiger partial charge in [0, 0.05) is 18.6 Å². The number of alkyl halides is 3. The normalized spacial score (nSPS) is 11.3. The Balaban J connectivity index is 2.20. The van der Waals surface area contributed by atoms with Crippen LogP contribution in [0.5, 0.6) is 0 Å². The summed E-state index contributed by atoms with van der Waals surface area (Å²) in [6, 6.07) is 3.08. The van der Waals surface area contributed by atoms with E-state index in [4.69, 9.17) is 4.74 Å². The van der Waals surface area contributed by atoms with E-state index in [9.17, 15) is 22.8 Å². The van der Waals surface area contributed by atoms with Crippen molar-refractivity contribution in [2.24, 2.45) is 0 Å². The van der Waals surface area contributed by atoms with Gasteiger partial charge in [-0.2, -0.15) is 13.2 Å². The van der Waals surface area contributed by atoms with Gasteiger partial charge in [-0.3, -0.25) is 14.8 Å². The molecule has 0 aliphatic heterocycles. The summed E-state index contributed by atoms with van der Waals surface area (Å²) in [5, 5.41) is 2.44. The molecule has 0 saturated heterocycles. The molecule has 0 atom stereocenters. The Morgan fingerprint density at radius 2 is 1.88 bits per heavy atom. The number of nitrogens with zero attached hydrogens (tertiary/aromatic N) is 2. The molecule has 0 saturated carbocycles. The minimum atomic E-state index is -4.59. The highest BCUT2D eigenvalue weighted by Crippen LogP contribution is 2.27. The number of rotatable bonds is 4. The van der Waals surface area contributed by atoms with E-state index in [2.05, 4.69) is 15.3 Å². The SMILES string of the molecule is CC(C)OC(=O)c1cnccc1NC(=O)c1ccc(C(F)(F)F)nc1. The largest absolute Gasteiger partial charge is 0.459 e. The fraction of sp³-hybridized carbons (Fsp3) is 0.250. The molecule has 9 heteroatoms. The van der Waals surface area contributed by atoms with Gasteiger partial charge in [-0.1, -0.05) is 0 Å². The molecule has 6 nitrogen and oxygen atoms in total. The van der Waals surface area contributed by atoms with Crippen molar-refractivity contribution >= 4 is 17.6 Å². The summed E-state index contributed by atoms with van der Waals surface area (Å²) in [7, 11) is 0. The van der Waals surface area contributed by atoms with E-state index in [1.807, 2.05) is 0 Å². The molecule has 0 aliphatic rings. The van der Waals surface area contributed by atoms with Crippen LogP contribution in [0, 0.1) is 0 Å². The number of carbonyl (C=O) groups is 2. The van der Waals surface area contributed by atoms with E-state index in [0.717, 1.165) is 12.3 Å². The number of pyridine rings is 2. The average Bonchev–Trinajstić information content (AvgIpc) is 2.54. The number of anilines is 1. The minimum absolute atomic E-state index is 0.0319.